The number of fused-ring (bicyclic) bond motifs is 3. The molecule has 0 aliphatic carbocycles. The molecule has 0 amide bonds. The predicted octanol–water partition coefficient (Wildman–Crippen LogP) is 6.14. The molecule has 0 saturated carbocycles. The highest BCUT2D eigenvalue weighted by Gasteiger charge is 2.16. The van der Waals surface area contributed by atoms with Crippen LogP contribution in [0.4, 0.5) is 0 Å². The van der Waals surface area contributed by atoms with Gasteiger partial charge in [-0.1, -0.05) is 81.5 Å². The molecule has 3 aromatic carbocycles. The van der Waals surface area contributed by atoms with E-state index in [0.717, 1.165) is 22.6 Å². The quantitative estimate of drug-likeness (QED) is 0.294. The van der Waals surface area contributed by atoms with Crippen molar-refractivity contribution in [2.24, 2.45) is 0 Å². The van der Waals surface area contributed by atoms with Crippen LogP contribution in [0.25, 0.3) is 21.5 Å². The lowest BCUT2D eigenvalue weighted by atomic mass is 9.97. The van der Waals surface area contributed by atoms with Crippen molar-refractivity contribution < 1.29 is 13.0 Å². The maximum absolute atomic E-state index is 11.8. The van der Waals surface area contributed by atoms with Gasteiger partial charge in [0.2, 0.25) is 0 Å². The van der Waals surface area contributed by atoms with Gasteiger partial charge in [0.25, 0.3) is 10.1 Å². The molecule has 0 radical (unpaired) electrons. The summed E-state index contributed by atoms with van der Waals surface area (Å²) in [5.74, 6) is 0. The average molecular weight is 371 g/mol. The van der Waals surface area contributed by atoms with Gasteiger partial charge in [-0.25, -0.2) is 0 Å². The maximum atomic E-state index is 11.8. The van der Waals surface area contributed by atoms with Crippen molar-refractivity contribution in [2.45, 2.75) is 56.8 Å². The largest absolute Gasteiger partial charge is 0.295 e. The fraction of sp³-hybridized carbons (Fsp3) is 0.364. The van der Waals surface area contributed by atoms with Gasteiger partial charge in [-0.05, 0) is 40.6 Å². The summed E-state index contributed by atoms with van der Waals surface area (Å²) < 4.78 is 33.1. The zero-order valence-corrected chi connectivity index (χ0v) is 16.1. The van der Waals surface area contributed by atoms with Crippen LogP contribution < -0.4 is 0 Å². The minimum absolute atomic E-state index is 0.0238. The van der Waals surface area contributed by atoms with E-state index < -0.39 is 10.1 Å². The highest BCUT2D eigenvalue weighted by atomic mass is 32.2. The Morgan fingerprint density at radius 1 is 0.808 bits per heavy atom. The first-order chi connectivity index (χ1) is 12.5. The molecule has 0 unspecified atom stereocenters. The van der Waals surface area contributed by atoms with Crippen LogP contribution >= 0.6 is 0 Å². The second-order valence-electron chi connectivity index (χ2n) is 6.97. The van der Waals surface area contributed by atoms with E-state index in [1.165, 1.54) is 44.1 Å². The fourth-order valence-electron chi connectivity index (χ4n) is 3.59. The molecule has 0 saturated heterocycles. The average Bonchev–Trinajstić information content (AvgIpc) is 2.63. The van der Waals surface area contributed by atoms with Crippen molar-refractivity contribution >= 4 is 31.7 Å². The summed E-state index contributed by atoms with van der Waals surface area (Å²) in [4.78, 5) is -0.0238. The highest BCUT2D eigenvalue weighted by Crippen LogP contribution is 2.32. The molecule has 0 bridgehead atoms. The van der Waals surface area contributed by atoms with Crippen LogP contribution in [0.3, 0.4) is 0 Å². The van der Waals surface area contributed by atoms with E-state index in [9.17, 15) is 13.0 Å². The number of unbranched alkanes of at least 4 members (excludes halogenated alkanes) is 5. The fourth-order valence-corrected chi connectivity index (χ4v) is 4.32. The molecule has 1 N–H and O–H groups in total. The van der Waals surface area contributed by atoms with Crippen LogP contribution in [-0.4, -0.2) is 13.0 Å². The summed E-state index contributed by atoms with van der Waals surface area (Å²) in [5, 5.41) is 3.31. The first-order valence-electron chi connectivity index (χ1n) is 9.42. The second-order valence-corrected chi connectivity index (χ2v) is 8.36. The number of hydrogen-bond donors (Lipinski definition) is 1. The highest BCUT2D eigenvalue weighted by molar-refractivity contribution is 7.86. The first-order valence-corrected chi connectivity index (χ1v) is 10.9. The first kappa shape index (κ1) is 18.9. The zero-order valence-electron chi connectivity index (χ0n) is 15.2. The van der Waals surface area contributed by atoms with E-state index in [-0.39, 0.29) is 4.90 Å². The number of aryl methyl sites for hydroxylation is 1. The topological polar surface area (TPSA) is 54.4 Å². The van der Waals surface area contributed by atoms with Crippen LogP contribution in [0.2, 0.25) is 0 Å². The molecule has 3 aromatic rings. The summed E-state index contributed by atoms with van der Waals surface area (Å²) in [6, 6.07) is 15.1. The standard InChI is InChI=1S/C22H26O3S/c1-2-3-4-5-6-7-10-17-13-14-18-16-22(26(23,24)25)20-12-9-8-11-19(20)21(18)15-17/h8-9,11-16H,2-7,10H2,1H3,(H,23,24,25). The second kappa shape index (κ2) is 8.19. The van der Waals surface area contributed by atoms with Gasteiger partial charge in [-0.15, -0.1) is 0 Å². The summed E-state index contributed by atoms with van der Waals surface area (Å²) in [6.07, 6.45) is 8.66. The SMILES string of the molecule is CCCCCCCCc1ccc2cc(S(=O)(=O)O)c3ccccc3c2c1. The summed E-state index contributed by atoms with van der Waals surface area (Å²) in [5.41, 5.74) is 1.28. The molecule has 0 aliphatic rings. The molecule has 4 heteroatoms. The molecule has 0 atom stereocenters. The van der Waals surface area contributed by atoms with E-state index in [2.05, 4.69) is 19.1 Å². The molecule has 0 spiro atoms. The molecular formula is C22H26O3S. The smallest absolute Gasteiger partial charge is 0.282 e. The monoisotopic (exact) mass is 370 g/mol. The lowest BCUT2D eigenvalue weighted by molar-refractivity contribution is 0.484. The Bertz CT molecular complexity index is 1010. The Kier molecular flexibility index (Phi) is 5.94. The van der Waals surface area contributed by atoms with Crippen molar-refractivity contribution in [2.75, 3.05) is 0 Å². The lowest BCUT2D eigenvalue weighted by Gasteiger charge is -2.10. The maximum Gasteiger partial charge on any atom is 0.295 e. The third kappa shape index (κ3) is 4.25. The Morgan fingerprint density at radius 2 is 1.50 bits per heavy atom. The Labute approximate surface area is 155 Å². The van der Waals surface area contributed by atoms with Crippen LogP contribution in [0.15, 0.2) is 53.4 Å². The van der Waals surface area contributed by atoms with Crippen molar-refractivity contribution in [3.63, 3.8) is 0 Å². The van der Waals surface area contributed by atoms with E-state index in [1.54, 1.807) is 18.2 Å². The lowest BCUT2D eigenvalue weighted by Crippen LogP contribution is -1.99. The van der Waals surface area contributed by atoms with Crippen LogP contribution in [0.1, 0.15) is 51.0 Å². The normalized spacial score (nSPS) is 12.1. The van der Waals surface area contributed by atoms with E-state index >= 15 is 0 Å². The Morgan fingerprint density at radius 3 is 2.23 bits per heavy atom. The third-order valence-corrected chi connectivity index (χ3v) is 5.88. The van der Waals surface area contributed by atoms with E-state index in [4.69, 9.17) is 0 Å². The van der Waals surface area contributed by atoms with Gasteiger partial charge in [-0.2, -0.15) is 8.42 Å². The van der Waals surface area contributed by atoms with Crippen LogP contribution in [-0.2, 0) is 16.5 Å². The Hall–Kier alpha value is -1.91. The molecular weight excluding hydrogens is 344 g/mol. The van der Waals surface area contributed by atoms with Crippen molar-refractivity contribution in [1.82, 2.24) is 0 Å². The van der Waals surface area contributed by atoms with E-state index in [0.29, 0.717) is 5.39 Å². The van der Waals surface area contributed by atoms with Gasteiger partial charge in [-0.3, -0.25) is 4.55 Å². The molecule has 0 heterocycles. The van der Waals surface area contributed by atoms with Gasteiger partial charge in [0.15, 0.2) is 0 Å². The summed E-state index contributed by atoms with van der Waals surface area (Å²) in [6.45, 7) is 2.23. The van der Waals surface area contributed by atoms with E-state index in [1.807, 2.05) is 18.2 Å². The summed E-state index contributed by atoms with van der Waals surface area (Å²) >= 11 is 0. The molecule has 26 heavy (non-hydrogen) atoms. The summed E-state index contributed by atoms with van der Waals surface area (Å²) in [7, 11) is -4.26. The molecule has 3 nitrogen and oxygen atoms in total. The van der Waals surface area contributed by atoms with Gasteiger partial charge in [0.05, 0.1) is 0 Å². The van der Waals surface area contributed by atoms with Gasteiger partial charge < -0.3 is 0 Å². The zero-order chi connectivity index (χ0) is 18.6. The molecule has 3 rings (SSSR count). The van der Waals surface area contributed by atoms with Gasteiger partial charge in [0, 0.05) is 5.39 Å². The third-order valence-electron chi connectivity index (χ3n) is 4.98. The van der Waals surface area contributed by atoms with Crippen LogP contribution in [0.5, 0.6) is 0 Å². The van der Waals surface area contributed by atoms with Crippen molar-refractivity contribution in [3.05, 3.63) is 54.1 Å². The number of benzene rings is 3. The molecule has 0 aliphatic heterocycles. The molecule has 0 aromatic heterocycles. The molecule has 0 fully saturated rings. The number of rotatable bonds is 8. The van der Waals surface area contributed by atoms with Crippen LogP contribution in [0, 0.1) is 0 Å². The van der Waals surface area contributed by atoms with Gasteiger partial charge in [0.1, 0.15) is 4.90 Å². The van der Waals surface area contributed by atoms with Gasteiger partial charge >= 0.3 is 0 Å². The van der Waals surface area contributed by atoms with Crippen molar-refractivity contribution in [3.8, 4) is 0 Å². The Balaban J connectivity index is 1.91. The van der Waals surface area contributed by atoms with Crippen molar-refractivity contribution in [1.29, 1.82) is 0 Å². The minimum Gasteiger partial charge on any atom is -0.282 e. The minimum atomic E-state index is -4.26. The predicted molar refractivity (Wildman–Crippen MR) is 108 cm³/mol. The number of hydrogen-bond acceptors (Lipinski definition) is 2. The molecule has 138 valence electrons.